The fourth-order valence-electron chi connectivity index (χ4n) is 2.14. The van der Waals surface area contributed by atoms with Gasteiger partial charge in [0.25, 0.3) is 0 Å². The summed E-state index contributed by atoms with van der Waals surface area (Å²) in [6.45, 7) is 0. The zero-order chi connectivity index (χ0) is 12.9. The number of hydrogen-bond acceptors (Lipinski definition) is 5. The molecule has 5 heteroatoms. The third kappa shape index (κ3) is 1.57. The molecule has 0 N–H and O–H groups in total. The lowest BCUT2D eigenvalue weighted by molar-refractivity contribution is 0.602. The number of nitriles is 1. The Labute approximate surface area is 113 Å². The lowest BCUT2D eigenvalue weighted by Gasteiger charge is -1.99. The molecule has 0 amide bonds. The summed E-state index contributed by atoms with van der Waals surface area (Å²) in [6.07, 6.45) is 3.30. The second-order valence-electron chi connectivity index (χ2n) is 4.77. The summed E-state index contributed by atoms with van der Waals surface area (Å²) in [5.41, 5.74) is 3.20. The average molecular weight is 267 g/mol. The van der Waals surface area contributed by atoms with Crippen molar-refractivity contribution < 1.29 is 4.42 Å². The maximum atomic E-state index is 9.20. The molecule has 1 fully saturated rings. The largest absolute Gasteiger partial charge is 0.443 e. The Morgan fingerprint density at radius 3 is 3.05 bits per heavy atom. The summed E-state index contributed by atoms with van der Waals surface area (Å²) in [6, 6.07) is 8.22. The van der Waals surface area contributed by atoms with Crippen molar-refractivity contribution in [3.63, 3.8) is 0 Å². The number of oxazole rings is 1. The predicted molar refractivity (Wildman–Crippen MR) is 71.6 cm³/mol. The molecule has 0 bridgehead atoms. The van der Waals surface area contributed by atoms with Crippen LogP contribution in [-0.4, -0.2) is 9.97 Å². The van der Waals surface area contributed by atoms with Crippen molar-refractivity contribution in [2.45, 2.75) is 18.3 Å². The Bertz CT molecular complexity index is 807. The van der Waals surface area contributed by atoms with Gasteiger partial charge in [0.05, 0.1) is 11.8 Å². The van der Waals surface area contributed by atoms with Crippen LogP contribution in [0.1, 0.15) is 17.8 Å². The Balaban J connectivity index is 1.78. The summed E-state index contributed by atoms with van der Waals surface area (Å²) < 4.78 is 5.30. The minimum Gasteiger partial charge on any atom is -0.443 e. The molecule has 4 rings (SSSR count). The third-order valence-corrected chi connectivity index (χ3v) is 4.55. The molecule has 1 aliphatic carbocycles. The third-order valence-electron chi connectivity index (χ3n) is 3.50. The molecular formula is C14H9N3OS. The van der Waals surface area contributed by atoms with Gasteiger partial charge in [0.2, 0.25) is 0 Å². The van der Waals surface area contributed by atoms with Gasteiger partial charge >= 0.3 is 0 Å². The molecule has 0 aliphatic heterocycles. The van der Waals surface area contributed by atoms with E-state index in [2.05, 4.69) is 16.0 Å². The van der Waals surface area contributed by atoms with Crippen LogP contribution in [0.25, 0.3) is 22.4 Å². The molecule has 0 atom stereocenters. The van der Waals surface area contributed by atoms with Crippen LogP contribution in [0.15, 0.2) is 34.4 Å². The maximum absolute atomic E-state index is 9.20. The molecule has 92 valence electrons. The number of aromatic nitrogens is 2. The van der Waals surface area contributed by atoms with Gasteiger partial charge in [-0.25, -0.2) is 9.97 Å². The minimum absolute atomic E-state index is 0.306. The van der Waals surface area contributed by atoms with Gasteiger partial charge in [0, 0.05) is 10.9 Å². The molecular weight excluding hydrogens is 258 g/mol. The van der Waals surface area contributed by atoms with E-state index in [1.54, 1.807) is 11.3 Å². The van der Waals surface area contributed by atoms with Crippen LogP contribution < -0.4 is 0 Å². The van der Waals surface area contributed by atoms with Gasteiger partial charge in [-0.3, -0.25) is 0 Å². The molecule has 1 saturated carbocycles. The van der Waals surface area contributed by atoms with E-state index in [9.17, 15) is 5.26 Å². The van der Waals surface area contributed by atoms with E-state index in [4.69, 9.17) is 4.42 Å². The van der Waals surface area contributed by atoms with Gasteiger partial charge in [0.15, 0.2) is 12.0 Å². The highest BCUT2D eigenvalue weighted by Gasteiger charge is 2.47. The van der Waals surface area contributed by atoms with Gasteiger partial charge in [-0.1, -0.05) is 6.07 Å². The first kappa shape index (κ1) is 10.7. The molecule has 0 radical (unpaired) electrons. The molecule has 4 nitrogen and oxygen atoms in total. The number of thiazole rings is 1. The lowest BCUT2D eigenvalue weighted by Crippen LogP contribution is -2.01. The lowest BCUT2D eigenvalue weighted by atomic mass is 10.1. The first-order valence-corrected chi connectivity index (χ1v) is 6.90. The van der Waals surface area contributed by atoms with Crippen LogP contribution >= 0.6 is 11.3 Å². The second kappa shape index (κ2) is 3.65. The molecule has 0 unspecified atom stereocenters. The van der Waals surface area contributed by atoms with Crippen LogP contribution in [0, 0.1) is 11.3 Å². The summed E-state index contributed by atoms with van der Waals surface area (Å²) in [7, 11) is 0. The molecule has 1 aliphatic rings. The van der Waals surface area contributed by atoms with Crippen LogP contribution in [0.3, 0.4) is 0 Å². The fourth-order valence-corrected chi connectivity index (χ4v) is 3.18. The van der Waals surface area contributed by atoms with Crippen molar-refractivity contribution >= 4 is 22.4 Å². The van der Waals surface area contributed by atoms with Crippen molar-refractivity contribution in [2.75, 3.05) is 0 Å². The standard InChI is InChI=1S/C14H9N3OS/c15-7-14(3-4-14)13-17-11(6-19-13)9-1-2-10-12(5-9)18-8-16-10/h1-2,5-6,8H,3-4H2. The first-order valence-electron chi connectivity index (χ1n) is 6.02. The molecule has 1 aromatic carbocycles. The second-order valence-corrected chi connectivity index (χ2v) is 5.62. The number of fused-ring (bicyclic) bond motifs is 1. The molecule has 2 heterocycles. The van der Waals surface area contributed by atoms with Crippen molar-refractivity contribution in [3.8, 4) is 17.3 Å². The van der Waals surface area contributed by atoms with Gasteiger partial charge in [-0.05, 0) is 25.0 Å². The molecule has 2 aromatic heterocycles. The van der Waals surface area contributed by atoms with E-state index in [0.29, 0.717) is 0 Å². The number of benzene rings is 1. The Hall–Kier alpha value is -2.19. The highest BCUT2D eigenvalue weighted by atomic mass is 32.1. The quantitative estimate of drug-likeness (QED) is 0.712. The highest BCUT2D eigenvalue weighted by Crippen LogP contribution is 2.49. The van der Waals surface area contributed by atoms with E-state index in [-0.39, 0.29) is 5.41 Å². The summed E-state index contributed by atoms with van der Waals surface area (Å²) in [4.78, 5) is 8.70. The average Bonchev–Trinajstić information content (AvgIpc) is 2.90. The van der Waals surface area contributed by atoms with Crippen molar-refractivity contribution in [1.82, 2.24) is 9.97 Å². The Morgan fingerprint density at radius 1 is 1.37 bits per heavy atom. The topological polar surface area (TPSA) is 62.7 Å². The van der Waals surface area contributed by atoms with Crippen molar-refractivity contribution in [3.05, 3.63) is 35.0 Å². The minimum atomic E-state index is -0.306. The maximum Gasteiger partial charge on any atom is 0.181 e. The van der Waals surface area contributed by atoms with Gasteiger partial charge in [-0.15, -0.1) is 11.3 Å². The predicted octanol–water partition coefficient (Wildman–Crippen LogP) is 3.51. The van der Waals surface area contributed by atoms with E-state index < -0.39 is 0 Å². The fraction of sp³-hybridized carbons (Fsp3) is 0.214. The number of rotatable bonds is 2. The molecule has 19 heavy (non-hydrogen) atoms. The summed E-state index contributed by atoms with van der Waals surface area (Å²) >= 11 is 1.57. The molecule has 0 spiro atoms. The van der Waals surface area contributed by atoms with Gasteiger partial charge in [0.1, 0.15) is 15.9 Å². The zero-order valence-electron chi connectivity index (χ0n) is 9.96. The van der Waals surface area contributed by atoms with Crippen LogP contribution in [-0.2, 0) is 5.41 Å². The Morgan fingerprint density at radius 2 is 2.26 bits per heavy atom. The van der Waals surface area contributed by atoms with E-state index in [1.807, 2.05) is 23.6 Å². The van der Waals surface area contributed by atoms with Gasteiger partial charge in [-0.2, -0.15) is 5.26 Å². The molecule has 0 saturated heterocycles. The van der Waals surface area contributed by atoms with E-state index >= 15 is 0 Å². The van der Waals surface area contributed by atoms with E-state index in [1.165, 1.54) is 6.39 Å². The highest BCUT2D eigenvalue weighted by molar-refractivity contribution is 7.10. The Kier molecular flexibility index (Phi) is 2.06. The van der Waals surface area contributed by atoms with Gasteiger partial charge < -0.3 is 4.42 Å². The van der Waals surface area contributed by atoms with Crippen LogP contribution in [0.2, 0.25) is 0 Å². The summed E-state index contributed by atoms with van der Waals surface area (Å²) in [5.74, 6) is 0. The van der Waals surface area contributed by atoms with Crippen LogP contribution in [0.4, 0.5) is 0 Å². The summed E-state index contributed by atoms with van der Waals surface area (Å²) in [5, 5.41) is 12.1. The molecule has 3 aromatic rings. The first-order chi connectivity index (χ1) is 9.31. The monoisotopic (exact) mass is 267 g/mol. The van der Waals surface area contributed by atoms with Crippen LogP contribution in [0.5, 0.6) is 0 Å². The number of hydrogen-bond donors (Lipinski definition) is 0. The van der Waals surface area contributed by atoms with E-state index in [0.717, 1.165) is 40.2 Å². The van der Waals surface area contributed by atoms with Crippen molar-refractivity contribution in [1.29, 1.82) is 5.26 Å². The normalized spacial score (nSPS) is 16.4. The smallest absolute Gasteiger partial charge is 0.181 e. The number of nitrogens with zero attached hydrogens (tertiary/aromatic N) is 3. The SMILES string of the molecule is N#CC1(c2nc(-c3ccc4ncoc4c3)cs2)CC1. The zero-order valence-corrected chi connectivity index (χ0v) is 10.8. The van der Waals surface area contributed by atoms with Crippen molar-refractivity contribution in [2.24, 2.45) is 0 Å².